The molecule has 0 saturated carbocycles. The molecule has 15 heavy (non-hydrogen) atoms. The van der Waals surface area contributed by atoms with Gasteiger partial charge in [-0.25, -0.2) is 0 Å². The fourth-order valence-corrected chi connectivity index (χ4v) is 2.10. The van der Waals surface area contributed by atoms with Gasteiger partial charge in [0.05, 0.1) is 6.10 Å². The summed E-state index contributed by atoms with van der Waals surface area (Å²) in [5, 5.41) is 0. The molecule has 1 fully saturated rings. The van der Waals surface area contributed by atoms with Gasteiger partial charge in [-0.15, -0.1) is 0 Å². The molecule has 0 N–H and O–H groups in total. The van der Waals surface area contributed by atoms with Gasteiger partial charge < -0.3 is 9.64 Å². The lowest BCUT2D eigenvalue weighted by Crippen LogP contribution is -2.54. The van der Waals surface area contributed by atoms with Crippen molar-refractivity contribution < 1.29 is 9.53 Å². The highest BCUT2D eigenvalue weighted by molar-refractivity contribution is 14.1. The number of benzene rings is 1. The molecular weight excluding hydrogens is 305 g/mol. The number of ether oxygens (including phenoxy) is 1. The van der Waals surface area contributed by atoms with Crippen LogP contribution in [0.2, 0.25) is 0 Å². The monoisotopic (exact) mass is 317 g/mol. The zero-order chi connectivity index (χ0) is 10.8. The van der Waals surface area contributed by atoms with E-state index in [9.17, 15) is 4.79 Å². The second-order valence-corrected chi connectivity index (χ2v) is 4.82. The highest BCUT2D eigenvalue weighted by Crippen LogP contribution is 2.16. The SMILES string of the molecule is COC1CN(C(=O)c2cccc(I)c2)C1. The summed E-state index contributed by atoms with van der Waals surface area (Å²) in [4.78, 5) is 13.7. The first-order valence-corrected chi connectivity index (χ1v) is 5.86. The van der Waals surface area contributed by atoms with E-state index >= 15 is 0 Å². The van der Waals surface area contributed by atoms with Gasteiger partial charge in [-0.05, 0) is 40.8 Å². The molecule has 1 heterocycles. The van der Waals surface area contributed by atoms with Crippen LogP contribution in [0.5, 0.6) is 0 Å². The van der Waals surface area contributed by atoms with Gasteiger partial charge >= 0.3 is 0 Å². The molecule has 80 valence electrons. The number of carbonyl (C=O) groups is 1. The number of hydrogen-bond donors (Lipinski definition) is 0. The minimum Gasteiger partial charge on any atom is -0.378 e. The van der Waals surface area contributed by atoms with Gasteiger partial charge in [0.1, 0.15) is 0 Å². The summed E-state index contributed by atoms with van der Waals surface area (Å²) in [5.41, 5.74) is 0.761. The Bertz CT molecular complexity index is 375. The van der Waals surface area contributed by atoms with E-state index in [2.05, 4.69) is 22.6 Å². The molecule has 0 aromatic heterocycles. The largest absolute Gasteiger partial charge is 0.378 e. The Morgan fingerprint density at radius 3 is 2.87 bits per heavy atom. The second-order valence-electron chi connectivity index (χ2n) is 3.58. The third kappa shape index (κ3) is 2.31. The molecule has 4 heteroatoms. The van der Waals surface area contributed by atoms with Crippen molar-refractivity contribution in [3.8, 4) is 0 Å². The molecule has 1 aliphatic heterocycles. The van der Waals surface area contributed by atoms with Crippen LogP contribution >= 0.6 is 22.6 Å². The minimum atomic E-state index is 0.0989. The van der Waals surface area contributed by atoms with Gasteiger partial charge in [-0.2, -0.15) is 0 Å². The topological polar surface area (TPSA) is 29.5 Å². The van der Waals surface area contributed by atoms with Crippen LogP contribution in [0.1, 0.15) is 10.4 Å². The van der Waals surface area contributed by atoms with Crippen molar-refractivity contribution in [1.82, 2.24) is 4.90 Å². The zero-order valence-electron chi connectivity index (χ0n) is 8.44. The standard InChI is InChI=1S/C11H12INO2/c1-15-10-6-13(7-10)11(14)8-3-2-4-9(12)5-8/h2-5,10H,6-7H2,1H3. The molecule has 0 spiro atoms. The first-order chi connectivity index (χ1) is 7.20. The van der Waals surface area contributed by atoms with Crippen LogP contribution in [0.3, 0.4) is 0 Å². The lowest BCUT2D eigenvalue weighted by Gasteiger charge is -2.38. The average molecular weight is 317 g/mol. The molecule has 1 aliphatic rings. The fourth-order valence-electron chi connectivity index (χ4n) is 1.56. The van der Waals surface area contributed by atoms with Crippen LogP contribution in [0.15, 0.2) is 24.3 Å². The van der Waals surface area contributed by atoms with Crippen molar-refractivity contribution in [2.24, 2.45) is 0 Å². The zero-order valence-corrected chi connectivity index (χ0v) is 10.6. The number of rotatable bonds is 2. The fraction of sp³-hybridized carbons (Fsp3) is 0.364. The number of carbonyl (C=O) groups excluding carboxylic acids is 1. The number of halogens is 1. The number of amides is 1. The highest BCUT2D eigenvalue weighted by Gasteiger charge is 2.30. The van der Waals surface area contributed by atoms with Crippen molar-refractivity contribution >= 4 is 28.5 Å². The van der Waals surface area contributed by atoms with Gasteiger partial charge in [-0.3, -0.25) is 4.79 Å². The number of likely N-dealkylation sites (tertiary alicyclic amines) is 1. The van der Waals surface area contributed by atoms with Crippen molar-refractivity contribution in [2.45, 2.75) is 6.10 Å². The van der Waals surface area contributed by atoms with E-state index in [4.69, 9.17) is 4.74 Å². The van der Waals surface area contributed by atoms with E-state index in [1.165, 1.54) is 0 Å². The summed E-state index contributed by atoms with van der Waals surface area (Å²) in [5.74, 6) is 0.0989. The smallest absolute Gasteiger partial charge is 0.254 e. The van der Waals surface area contributed by atoms with E-state index in [0.29, 0.717) is 13.1 Å². The highest BCUT2D eigenvalue weighted by atomic mass is 127. The summed E-state index contributed by atoms with van der Waals surface area (Å²) >= 11 is 2.21. The molecule has 1 aromatic rings. The second kappa shape index (κ2) is 4.49. The van der Waals surface area contributed by atoms with Gasteiger partial charge in [0.15, 0.2) is 0 Å². The number of hydrogen-bond acceptors (Lipinski definition) is 2. The van der Waals surface area contributed by atoms with Gasteiger partial charge in [0, 0.05) is 29.3 Å². The van der Waals surface area contributed by atoms with E-state index in [1.54, 1.807) is 12.0 Å². The van der Waals surface area contributed by atoms with E-state index in [1.807, 2.05) is 24.3 Å². The molecule has 0 unspecified atom stereocenters. The van der Waals surface area contributed by atoms with Crippen LogP contribution in [0.25, 0.3) is 0 Å². The first-order valence-electron chi connectivity index (χ1n) is 4.78. The minimum absolute atomic E-state index is 0.0989. The maximum atomic E-state index is 11.9. The summed E-state index contributed by atoms with van der Waals surface area (Å²) in [6.07, 6.45) is 0.219. The molecule has 0 aliphatic carbocycles. The molecule has 0 radical (unpaired) electrons. The molecule has 1 aromatic carbocycles. The Labute approximate surface area is 103 Å². The quantitative estimate of drug-likeness (QED) is 0.778. The Hall–Kier alpha value is -0.620. The number of nitrogens with zero attached hydrogens (tertiary/aromatic N) is 1. The van der Waals surface area contributed by atoms with Crippen molar-refractivity contribution in [2.75, 3.05) is 20.2 Å². The van der Waals surface area contributed by atoms with Crippen LogP contribution in [0, 0.1) is 3.57 Å². The predicted octanol–water partition coefficient (Wildman–Crippen LogP) is 1.76. The Kier molecular flexibility index (Phi) is 3.25. The number of methoxy groups -OCH3 is 1. The summed E-state index contributed by atoms with van der Waals surface area (Å²) in [6, 6.07) is 7.64. The van der Waals surface area contributed by atoms with Gasteiger partial charge in [0.25, 0.3) is 5.91 Å². The Balaban J connectivity index is 2.03. The third-order valence-electron chi connectivity index (χ3n) is 2.54. The van der Waals surface area contributed by atoms with E-state index in [0.717, 1.165) is 9.13 Å². The Morgan fingerprint density at radius 1 is 1.53 bits per heavy atom. The molecular formula is C11H12INO2. The summed E-state index contributed by atoms with van der Waals surface area (Å²) in [7, 11) is 1.68. The summed E-state index contributed by atoms with van der Waals surface area (Å²) in [6.45, 7) is 1.42. The van der Waals surface area contributed by atoms with Crippen molar-refractivity contribution in [3.63, 3.8) is 0 Å². The van der Waals surface area contributed by atoms with Crippen LogP contribution < -0.4 is 0 Å². The normalized spacial score (nSPS) is 16.3. The van der Waals surface area contributed by atoms with Crippen LogP contribution in [-0.4, -0.2) is 37.1 Å². The molecule has 3 nitrogen and oxygen atoms in total. The average Bonchev–Trinajstić information content (AvgIpc) is 2.16. The molecule has 0 bridgehead atoms. The van der Waals surface area contributed by atoms with E-state index in [-0.39, 0.29) is 12.0 Å². The lowest BCUT2D eigenvalue weighted by molar-refractivity contribution is -0.0192. The van der Waals surface area contributed by atoms with Crippen molar-refractivity contribution in [1.29, 1.82) is 0 Å². The summed E-state index contributed by atoms with van der Waals surface area (Å²) < 4.78 is 6.22. The molecule has 1 saturated heterocycles. The molecule has 0 atom stereocenters. The lowest BCUT2D eigenvalue weighted by atomic mass is 10.1. The van der Waals surface area contributed by atoms with Crippen molar-refractivity contribution in [3.05, 3.63) is 33.4 Å². The predicted molar refractivity (Wildman–Crippen MR) is 65.9 cm³/mol. The van der Waals surface area contributed by atoms with Gasteiger partial charge in [-0.1, -0.05) is 6.07 Å². The third-order valence-corrected chi connectivity index (χ3v) is 3.21. The maximum absolute atomic E-state index is 11.9. The molecule has 1 amide bonds. The van der Waals surface area contributed by atoms with Crippen LogP contribution in [-0.2, 0) is 4.74 Å². The first kappa shape index (κ1) is 10.9. The van der Waals surface area contributed by atoms with E-state index < -0.39 is 0 Å². The van der Waals surface area contributed by atoms with Crippen LogP contribution in [0.4, 0.5) is 0 Å². The molecule has 2 rings (SSSR count). The Morgan fingerprint density at radius 2 is 2.27 bits per heavy atom. The maximum Gasteiger partial charge on any atom is 0.254 e. The van der Waals surface area contributed by atoms with Gasteiger partial charge in [0.2, 0.25) is 0 Å².